The van der Waals surface area contributed by atoms with Gasteiger partial charge in [0.1, 0.15) is 11.4 Å². The van der Waals surface area contributed by atoms with E-state index in [1.54, 1.807) is 0 Å². The molecule has 0 spiro atoms. The molecule has 1 heterocycles. The Morgan fingerprint density at radius 3 is 2.03 bits per heavy atom. The number of nitrogens with zero attached hydrogens (tertiary/aromatic N) is 3. The zero-order chi connectivity index (χ0) is 21.5. The summed E-state index contributed by atoms with van der Waals surface area (Å²) in [6.45, 7) is 0. The molecule has 0 aliphatic carbocycles. The highest BCUT2D eigenvalue weighted by molar-refractivity contribution is 9.10. The zero-order valence-electron chi connectivity index (χ0n) is 16.7. The van der Waals surface area contributed by atoms with Gasteiger partial charge in [-0.15, -0.1) is 10.2 Å². The van der Waals surface area contributed by atoms with Crippen LogP contribution in [0.4, 0.5) is 0 Å². The van der Waals surface area contributed by atoms with Gasteiger partial charge in [0.25, 0.3) is 0 Å². The van der Waals surface area contributed by atoms with Gasteiger partial charge in [0.05, 0.1) is 0 Å². The largest absolute Gasteiger partial charge is 0.294 e. The first kappa shape index (κ1) is 21.4. The molecular formula is C25H20BrN3OS. The van der Waals surface area contributed by atoms with Crippen molar-refractivity contribution in [2.45, 2.75) is 18.0 Å². The SMILES string of the molecule is O=C(CCCSc1nnc(-c2ccccc2)c(-c2ccccc2)n1)c1ccc(Br)cc1. The number of benzene rings is 3. The Hall–Kier alpha value is -2.83. The van der Waals surface area contributed by atoms with Gasteiger partial charge in [0.15, 0.2) is 5.78 Å². The second kappa shape index (κ2) is 10.5. The van der Waals surface area contributed by atoms with Crippen LogP contribution in [0.5, 0.6) is 0 Å². The molecule has 0 fully saturated rings. The van der Waals surface area contributed by atoms with Crippen molar-refractivity contribution < 1.29 is 4.79 Å². The Bertz CT molecular complexity index is 1150. The maximum Gasteiger partial charge on any atom is 0.209 e. The van der Waals surface area contributed by atoms with Crippen LogP contribution < -0.4 is 0 Å². The summed E-state index contributed by atoms with van der Waals surface area (Å²) < 4.78 is 0.970. The molecule has 31 heavy (non-hydrogen) atoms. The third kappa shape index (κ3) is 5.66. The summed E-state index contributed by atoms with van der Waals surface area (Å²) in [4.78, 5) is 17.1. The number of Topliss-reactive ketones (excluding diaryl/α,β-unsaturated/α-hetero) is 1. The zero-order valence-corrected chi connectivity index (χ0v) is 19.1. The Morgan fingerprint density at radius 2 is 1.39 bits per heavy atom. The summed E-state index contributed by atoms with van der Waals surface area (Å²) in [6, 6.07) is 27.5. The fraction of sp³-hybridized carbons (Fsp3) is 0.120. The number of halogens is 1. The number of aromatic nitrogens is 3. The molecule has 0 unspecified atom stereocenters. The molecule has 0 saturated carbocycles. The van der Waals surface area contributed by atoms with Gasteiger partial charge < -0.3 is 0 Å². The smallest absolute Gasteiger partial charge is 0.209 e. The monoisotopic (exact) mass is 489 g/mol. The van der Waals surface area contributed by atoms with Gasteiger partial charge in [-0.1, -0.05) is 100 Å². The maximum absolute atomic E-state index is 12.3. The molecule has 4 aromatic rings. The number of thioether (sulfide) groups is 1. The molecule has 0 saturated heterocycles. The number of rotatable bonds is 8. The molecule has 3 aromatic carbocycles. The molecule has 0 bridgehead atoms. The van der Waals surface area contributed by atoms with Crippen LogP contribution >= 0.6 is 27.7 Å². The molecule has 0 atom stereocenters. The summed E-state index contributed by atoms with van der Waals surface area (Å²) in [6.07, 6.45) is 1.25. The lowest BCUT2D eigenvalue weighted by atomic mass is 10.0. The number of hydrogen-bond donors (Lipinski definition) is 0. The minimum absolute atomic E-state index is 0.150. The fourth-order valence-electron chi connectivity index (χ4n) is 3.14. The fourth-order valence-corrected chi connectivity index (χ4v) is 4.13. The van der Waals surface area contributed by atoms with E-state index < -0.39 is 0 Å². The van der Waals surface area contributed by atoms with Crippen molar-refractivity contribution in [3.63, 3.8) is 0 Å². The van der Waals surface area contributed by atoms with Crippen molar-refractivity contribution in [1.29, 1.82) is 0 Å². The Morgan fingerprint density at radius 1 is 0.774 bits per heavy atom. The molecule has 0 aliphatic heterocycles. The highest BCUT2D eigenvalue weighted by Gasteiger charge is 2.14. The van der Waals surface area contributed by atoms with Crippen LogP contribution in [0.25, 0.3) is 22.5 Å². The van der Waals surface area contributed by atoms with Crippen LogP contribution in [0.15, 0.2) is 94.6 Å². The summed E-state index contributed by atoms with van der Waals surface area (Å²) in [7, 11) is 0. The average molecular weight is 490 g/mol. The molecular weight excluding hydrogens is 470 g/mol. The highest BCUT2D eigenvalue weighted by atomic mass is 79.9. The number of carbonyl (C=O) groups is 1. The highest BCUT2D eigenvalue weighted by Crippen LogP contribution is 2.29. The van der Waals surface area contributed by atoms with E-state index in [4.69, 9.17) is 4.98 Å². The first-order valence-corrected chi connectivity index (χ1v) is 11.8. The van der Waals surface area contributed by atoms with Crippen LogP contribution in [0.3, 0.4) is 0 Å². The minimum atomic E-state index is 0.150. The van der Waals surface area contributed by atoms with Crippen LogP contribution in [-0.4, -0.2) is 26.7 Å². The molecule has 154 valence electrons. The normalized spacial score (nSPS) is 10.7. The van der Waals surface area contributed by atoms with Crippen LogP contribution in [0, 0.1) is 0 Å². The number of ketones is 1. The topological polar surface area (TPSA) is 55.7 Å². The average Bonchev–Trinajstić information content (AvgIpc) is 2.83. The summed E-state index contributed by atoms with van der Waals surface area (Å²) in [5.74, 6) is 0.902. The van der Waals surface area contributed by atoms with E-state index in [1.165, 1.54) is 11.8 Å². The van der Waals surface area contributed by atoms with E-state index in [0.717, 1.165) is 44.7 Å². The van der Waals surface area contributed by atoms with E-state index in [9.17, 15) is 4.79 Å². The van der Waals surface area contributed by atoms with Crippen molar-refractivity contribution in [1.82, 2.24) is 15.2 Å². The van der Waals surface area contributed by atoms with Crippen molar-refractivity contribution >= 4 is 33.5 Å². The van der Waals surface area contributed by atoms with Crippen LogP contribution in [0.1, 0.15) is 23.2 Å². The Labute approximate surface area is 194 Å². The third-order valence-corrected chi connectivity index (χ3v) is 6.16. The quantitative estimate of drug-likeness (QED) is 0.156. The molecule has 0 amide bonds. The van der Waals surface area contributed by atoms with E-state index >= 15 is 0 Å². The molecule has 6 heteroatoms. The molecule has 0 aliphatic rings. The third-order valence-electron chi connectivity index (χ3n) is 4.71. The minimum Gasteiger partial charge on any atom is -0.294 e. The molecule has 0 radical (unpaired) electrons. The summed E-state index contributed by atoms with van der Waals surface area (Å²) >= 11 is 4.92. The second-order valence-corrected chi connectivity index (χ2v) is 8.88. The molecule has 4 nitrogen and oxygen atoms in total. The van der Waals surface area contributed by atoms with E-state index in [0.29, 0.717) is 11.6 Å². The van der Waals surface area contributed by atoms with Crippen molar-refractivity contribution in [3.05, 3.63) is 95.0 Å². The van der Waals surface area contributed by atoms with Gasteiger partial charge in [-0.3, -0.25) is 4.79 Å². The van der Waals surface area contributed by atoms with E-state index in [-0.39, 0.29) is 5.78 Å². The standard InChI is InChI=1S/C25H20BrN3OS/c26-21-15-13-18(14-16-21)22(30)12-7-17-31-25-27-23(19-8-3-1-4-9-19)24(28-29-25)20-10-5-2-6-11-20/h1-6,8-11,13-16H,7,12,17H2. The maximum atomic E-state index is 12.3. The lowest BCUT2D eigenvalue weighted by molar-refractivity contribution is 0.0982. The van der Waals surface area contributed by atoms with Gasteiger partial charge in [0, 0.05) is 33.3 Å². The first-order chi connectivity index (χ1) is 15.2. The van der Waals surface area contributed by atoms with Gasteiger partial charge in [-0.25, -0.2) is 4.98 Å². The predicted octanol–water partition coefficient (Wildman–Crippen LogP) is 6.72. The van der Waals surface area contributed by atoms with Crippen LogP contribution in [0.2, 0.25) is 0 Å². The molecule has 1 aromatic heterocycles. The first-order valence-electron chi connectivity index (χ1n) is 9.98. The number of hydrogen-bond acceptors (Lipinski definition) is 5. The van der Waals surface area contributed by atoms with E-state index in [1.807, 2.05) is 84.9 Å². The summed E-state index contributed by atoms with van der Waals surface area (Å²) in [5, 5.41) is 9.45. The summed E-state index contributed by atoms with van der Waals surface area (Å²) in [5.41, 5.74) is 4.31. The predicted molar refractivity (Wildman–Crippen MR) is 129 cm³/mol. The van der Waals surface area contributed by atoms with Gasteiger partial charge in [0.2, 0.25) is 5.16 Å². The van der Waals surface area contributed by atoms with E-state index in [2.05, 4.69) is 26.1 Å². The Kier molecular flexibility index (Phi) is 7.22. The second-order valence-electron chi connectivity index (χ2n) is 6.91. The van der Waals surface area contributed by atoms with Crippen LogP contribution in [-0.2, 0) is 0 Å². The van der Waals surface area contributed by atoms with Gasteiger partial charge >= 0.3 is 0 Å². The Balaban J connectivity index is 1.45. The van der Waals surface area contributed by atoms with Gasteiger partial charge in [-0.2, -0.15) is 0 Å². The lowest BCUT2D eigenvalue weighted by Gasteiger charge is -2.09. The van der Waals surface area contributed by atoms with Crippen molar-refractivity contribution in [2.75, 3.05) is 5.75 Å². The van der Waals surface area contributed by atoms with Gasteiger partial charge in [-0.05, 0) is 18.6 Å². The van der Waals surface area contributed by atoms with Crippen molar-refractivity contribution in [3.8, 4) is 22.5 Å². The molecule has 0 N–H and O–H groups in total. The molecule has 4 rings (SSSR count). The van der Waals surface area contributed by atoms with Crippen molar-refractivity contribution in [2.24, 2.45) is 0 Å². The number of carbonyl (C=O) groups excluding carboxylic acids is 1. The lowest BCUT2D eigenvalue weighted by Crippen LogP contribution is -2.01.